The lowest BCUT2D eigenvalue weighted by Gasteiger charge is -2.07. The summed E-state index contributed by atoms with van der Waals surface area (Å²) in [4.78, 5) is 45.1. The van der Waals surface area contributed by atoms with Crippen LogP contribution in [0.4, 0.5) is 20.2 Å². The Morgan fingerprint density at radius 3 is 2.36 bits per heavy atom. The molecule has 0 saturated heterocycles. The molecular formula is C18H14F2N2O6. The van der Waals surface area contributed by atoms with Gasteiger partial charge in [0.1, 0.15) is 11.6 Å². The number of amides is 1. The summed E-state index contributed by atoms with van der Waals surface area (Å²) in [5.74, 6) is -3.54. The van der Waals surface area contributed by atoms with Crippen LogP contribution < -0.4 is 5.32 Å². The van der Waals surface area contributed by atoms with E-state index in [1.807, 2.05) is 0 Å². The molecule has 0 heterocycles. The van der Waals surface area contributed by atoms with Crippen LogP contribution in [0.15, 0.2) is 42.5 Å². The van der Waals surface area contributed by atoms with Gasteiger partial charge in [0.2, 0.25) is 0 Å². The van der Waals surface area contributed by atoms with Crippen LogP contribution in [0, 0.1) is 21.7 Å². The van der Waals surface area contributed by atoms with Crippen LogP contribution in [0.3, 0.4) is 0 Å². The van der Waals surface area contributed by atoms with E-state index in [0.717, 1.165) is 30.3 Å². The number of non-ortho nitro benzene ring substituents is 1. The number of nitro benzene ring substituents is 1. The highest BCUT2D eigenvalue weighted by Crippen LogP contribution is 2.21. The normalized spacial score (nSPS) is 10.2. The molecule has 0 aliphatic rings. The molecule has 146 valence electrons. The summed E-state index contributed by atoms with van der Waals surface area (Å²) in [6.45, 7) is -0.758. The van der Waals surface area contributed by atoms with E-state index in [-0.39, 0.29) is 18.4 Å². The van der Waals surface area contributed by atoms with Crippen molar-refractivity contribution in [3.05, 3.63) is 69.8 Å². The van der Waals surface area contributed by atoms with Gasteiger partial charge < -0.3 is 10.1 Å². The van der Waals surface area contributed by atoms with E-state index in [1.54, 1.807) is 0 Å². The molecule has 0 atom stereocenters. The zero-order chi connectivity index (χ0) is 20.7. The summed E-state index contributed by atoms with van der Waals surface area (Å²) in [5, 5.41) is 12.7. The molecule has 0 bridgehead atoms. The molecule has 0 fully saturated rings. The number of nitro groups is 1. The summed E-state index contributed by atoms with van der Waals surface area (Å²) in [5.41, 5.74) is -0.622. The zero-order valence-corrected chi connectivity index (χ0v) is 14.3. The third-order valence-corrected chi connectivity index (χ3v) is 3.52. The number of carbonyl (C=O) groups is 3. The zero-order valence-electron chi connectivity index (χ0n) is 14.3. The minimum absolute atomic E-state index is 0.203. The number of ketones is 1. The Morgan fingerprint density at radius 2 is 1.71 bits per heavy atom. The van der Waals surface area contributed by atoms with Gasteiger partial charge in [-0.05, 0) is 30.3 Å². The second-order valence-electron chi connectivity index (χ2n) is 5.56. The third-order valence-electron chi connectivity index (χ3n) is 3.52. The van der Waals surface area contributed by atoms with Gasteiger partial charge in [0, 0.05) is 24.1 Å². The van der Waals surface area contributed by atoms with Gasteiger partial charge in [0.15, 0.2) is 12.4 Å². The minimum atomic E-state index is -0.905. The minimum Gasteiger partial charge on any atom is -0.456 e. The molecule has 1 amide bonds. The van der Waals surface area contributed by atoms with Crippen LogP contribution >= 0.6 is 0 Å². The van der Waals surface area contributed by atoms with Crippen molar-refractivity contribution in [3.63, 3.8) is 0 Å². The van der Waals surface area contributed by atoms with Crippen molar-refractivity contribution in [2.24, 2.45) is 0 Å². The number of nitrogens with zero attached hydrogens (tertiary/aromatic N) is 1. The third kappa shape index (κ3) is 5.94. The summed E-state index contributed by atoms with van der Waals surface area (Å²) < 4.78 is 31.1. The molecule has 1 N–H and O–H groups in total. The highest BCUT2D eigenvalue weighted by Gasteiger charge is 2.15. The van der Waals surface area contributed by atoms with Gasteiger partial charge in [-0.25, -0.2) is 8.78 Å². The second-order valence-corrected chi connectivity index (χ2v) is 5.56. The van der Waals surface area contributed by atoms with Gasteiger partial charge >= 0.3 is 5.97 Å². The standard InChI is InChI=1S/C18H14F2N2O6/c19-12-3-1-11(2-4-12)16(23)7-8-18(25)28-10-17(24)21-15-9-13(22(26)27)5-6-14(15)20/h1-6,9H,7-8,10H2,(H,21,24). The Balaban J connectivity index is 1.80. The monoisotopic (exact) mass is 392 g/mol. The van der Waals surface area contributed by atoms with Crippen molar-refractivity contribution >= 4 is 29.0 Å². The number of esters is 1. The number of benzene rings is 2. The topological polar surface area (TPSA) is 116 Å². The van der Waals surface area contributed by atoms with Crippen LogP contribution in [-0.4, -0.2) is 29.2 Å². The first-order valence-electron chi connectivity index (χ1n) is 7.94. The van der Waals surface area contributed by atoms with Crippen LogP contribution in [-0.2, 0) is 14.3 Å². The van der Waals surface area contributed by atoms with Gasteiger partial charge in [-0.1, -0.05) is 0 Å². The summed E-state index contributed by atoms with van der Waals surface area (Å²) >= 11 is 0. The lowest BCUT2D eigenvalue weighted by Crippen LogP contribution is -2.21. The molecule has 2 aromatic carbocycles. The average Bonchev–Trinajstić information content (AvgIpc) is 2.66. The molecule has 28 heavy (non-hydrogen) atoms. The van der Waals surface area contributed by atoms with Crippen molar-refractivity contribution in [1.82, 2.24) is 0 Å². The Labute approximate surface area is 157 Å². The maximum atomic E-state index is 13.6. The van der Waals surface area contributed by atoms with Crippen molar-refractivity contribution in [3.8, 4) is 0 Å². The van der Waals surface area contributed by atoms with E-state index in [4.69, 9.17) is 0 Å². The first-order valence-corrected chi connectivity index (χ1v) is 7.94. The number of hydrogen-bond acceptors (Lipinski definition) is 6. The molecule has 0 saturated carbocycles. The van der Waals surface area contributed by atoms with Crippen molar-refractivity contribution in [1.29, 1.82) is 0 Å². The average molecular weight is 392 g/mol. The summed E-state index contributed by atoms with van der Waals surface area (Å²) in [6.07, 6.45) is -0.514. The SMILES string of the molecule is O=C(COC(=O)CCC(=O)c1ccc(F)cc1)Nc1cc([N+](=O)[O-])ccc1F. The van der Waals surface area contributed by atoms with Crippen LogP contribution in [0.1, 0.15) is 23.2 Å². The molecule has 0 radical (unpaired) electrons. The lowest BCUT2D eigenvalue weighted by molar-refractivity contribution is -0.384. The molecule has 0 aliphatic heterocycles. The molecule has 0 unspecified atom stereocenters. The highest BCUT2D eigenvalue weighted by atomic mass is 19.1. The fourth-order valence-corrected chi connectivity index (χ4v) is 2.12. The van der Waals surface area contributed by atoms with E-state index in [0.29, 0.717) is 0 Å². The first-order chi connectivity index (χ1) is 13.3. The van der Waals surface area contributed by atoms with Crippen LogP contribution in [0.2, 0.25) is 0 Å². The molecule has 8 nitrogen and oxygen atoms in total. The molecular weight excluding hydrogens is 378 g/mol. The van der Waals surface area contributed by atoms with E-state index in [9.17, 15) is 33.3 Å². The molecule has 0 aromatic heterocycles. The Hall–Kier alpha value is -3.69. The Kier molecular flexibility index (Phi) is 6.85. The molecule has 2 aromatic rings. The number of anilines is 1. The number of Topliss-reactive ketones (excluding diaryl/α,β-unsaturated/α-hetero) is 1. The van der Waals surface area contributed by atoms with Crippen molar-refractivity contribution in [2.75, 3.05) is 11.9 Å². The van der Waals surface area contributed by atoms with Crippen molar-refractivity contribution in [2.45, 2.75) is 12.8 Å². The molecule has 10 heteroatoms. The summed E-state index contributed by atoms with van der Waals surface area (Å²) in [6, 6.07) is 7.38. The van der Waals surface area contributed by atoms with Gasteiger partial charge in [-0.3, -0.25) is 24.5 Å². The molecule has 0 spiro atoms. The van der Waals surface area contributed by atoms with Crippen LogP contribution in [0.25, 0.3) is 0 Å². The van der Waals surface area contributed by atoms with Crippen molar-refractivity contribution < 1.29 is 32.8 Å². The summed E-state index contributed by atoms with van der Waals surface area (Å²) in [7, 11) is 0. The smallest absolute Gasteiger partial charge is 0.306 e. The Morgan fingerprint density at radius 1 is 1.04 bits per heavy atom. The van der Waals surface area contributed by atoms with E-state index in [2.05, 4.69) is 10.1 Å². The van der Waals surface area contributed by atoms with E-state index >= 15 is 0 Å². The van der Waals surface area contributed by atoms with Gasteiger partial charge in [-0.2, -0.15) is 0 Å². The number of hydrogen-bond donors (Lipinski definition) is 1. The number of carbonyl (C=O) groups excluding carboxylic acids is 3. The highest BCUT2D eigenvalue weighted by molar-refractivity contribution is 5.98. The fourth-order valence-electron chi connectivity index (χ4n) is 2.12. The van der Waals surface area contributed by atoms with Gasteiger partial charge in [-0.15, -0.1) is 0 Å². The predicted octanol–water partition coefficient (Wildman–Crippen LogP) is 3.02. The quantitative estimate of drug-likeness (QED) is 0.320. The number of halogens is 2. The maximum Gasteiger partial charge on any atom is 0.306 e. The number of rotatable bonds is 8. The maximum absolute atomic E-state index is 13.6. The van der Waals surface area contributed by atoms with Gasteiger partial charge in [0.05, 0.1) is 17.0 Å². The largest absolute Gasteiger partial charge is 0.456 e. The molecule has 0 aliphatic carbocycles. The lowest BCUT2D eigenvalue weighted by atomic mass is 10.1. The first kappa shape index (κ1) is 20.6. The van der Waals surface area contributed by atoms with E-state index < -0.39 is 52.2 Å². The number of nitrogens with one attached hydrogen (secondary N) is 1. The van der Waals surface area contributed by atoms with Gasteiger partial charge in [0.25, 0.3) is 11.6 Å². The Bertz CT molecular complexity index is 915. The fraction of sp³-hybridized carbons (Fsp3) is 0.167. The van der Waals surface area contributed by atoms with Crippen LogP contribution in [0.5, 0.6) is 0 Å². The second kappa shape index (κ2) is 9.31. The van der Waals surface area contributed by atoms with E-state index in [1.165, 1.54) is 12.1 Å². The number of ether oxygens (including phenoxy) is 1. The molecule has 2 rings (SSSR count). The predicted molar refractivity (Wildman–Crippen MR) is 92.6 cm³/mol.